The van der Waals surface area contributed by atoms with Crippen LogP contribution >= 0.6 is 0 Å². The van der Waals surface area contributed by atoms with Gasteiger partial charge in [-0.15, -0.1) is 0 Å². The minimum atomic E-state index is -1.01. The zero-order valence-corrected chi connectivity index (χ0v) is 7.86. The molecule has 0 aromatic carbocycles. The molecule has 1 fully saturated rings. The third kappa shape index (κ3) is 1.91. The standard InChI is InChI=1S/C8H14N2O3/c1-3-6-4-10(8(12)13)5-7(11)9(6)2/h6H,3-5H2,1-2H3,(H,12,13). The molecule has 1 unspecified atom stereocenters. The van der Waals surface area contributed by atoms with Crippen molar-refractivity contribution in [2.24, 2.45) is 0 Å². The Morgan fingerprint density at radius 2 is 2.31 bits per heavy atom. The van der Waals surface area contributed by atoms with Crippen LogP contribution in [0.15, 0.2) is 0 Å². The smallest absolute Gasteiger partial charge is 0.407 e. The minimum Gasteiger partial charge on any atom is -0.465 e. The van der Waals surface area contributed by atoms with E-state index < -0.39 is 6.09 Å². The van der Waals surface area contributed by atoms with Gasteiger partial charge in [0.1, 0.15) is 6.54 Å². The second-order valence-corrected chi connectivity index (χ2v) is 3.23. The lowest BCUT2D eigenvalue weighted by Crippen LogP contribution is -2.55. The van der Waals surface area contributed by atoms with E-state index in [9.17, 15) is 9.59 Å². The van der Waals surface area contributed by atoms with E-state index in [0.717, 1.165) is 11.3 Å². The Morgan fingerprint density at radius 3 is 2.77 bits per heavy atom. The highest BCUT2D eigenvalue weighted by Crippen LogP contribution is 2.11. The molecule has 1 rings (SSSR count). The SMILES string of the molecule is CCC1CN(C(=O)O)CC(=O)N1C. The number of carbonyl (C=O) groups is 2. The van der Waals surface area contributed by atoms with Gasteiger partial charge in [-0.25, -0.2) is 4.79 Å². The van der Waals surface area contributed by atoms with Gasteiger partial charge >= 0.3 is 6.09 Å². The Bertz CT molecular complexity index is 229. The predicted octanol–water partition coefficient (Wildman–Crippen LogP) is 0.217. The first kappa shape index (κ1) is 9.83. The van der Waals surface area contributed by atoms with Crippen molar-refractivity contribution in [2.75, 3.05) is 20.1 Å². The third-order valence-corrected chi connectivity index (χ3v) is 2.44. The summed E-state index contributed by atoms with van der Waals surface area (Å²) < 4.78 is 0. The summed E-state index contributed by atoms with van der Waals surface area (Å²) in [6.45, 7) is 2.36. The average Bonchev–Trinajstić information content (AvgIpc) is 2.09. The number of hydrogen-bond donors (Lipinski definition) is 1. The average molecular weight is 186 g/mol. The molecule has 74 valence electrons. The van der Waals surface area contributed by atoms with Crippen LogP contribution in [0, 0.1) is 0 Å². The summed E-state index contributed by atoms with van der Waals surface area (Å²) in [5.74, 6) is -0.125. The summed E-state index contributed by atoms with van der Waals surface area (Å²) in [5, 5.41) is 8.71. The van der Waals surface area contributed by atoms with Gasteiger partial charge in [-0.1, -0.05) is 6.92 Å². The fourth-order valence-corrected chi connectivity index (χ4v) is 1.47. The molecule has 0 bridgehead atoms. The Balaban J connectivity index is 2.69. The third-order valence-electron chi connectivity index (χ3n) is 2.44. The van der Waals surface area contributed by atoms with Crippen molar-refractivity contribution in [3.8, 4) is 0 Å². The quantitative estimate of drug-likeness (QED) is 0.637. The molecule has 1 saturated heterocycles. The second-order valence-electron chi connectivity index (χ2n) is 3.23. The molecule has 5 nitrogen and oxygen atoms in total. The Labute approximate surface area is 76.9 Å². The molecule has 1 atom stereocenters. The highest BCUT2D eigenvalue weighted by molar-refractivity contribution is 5.83. The van der Waals surface area contributed by atoms with E-state index >= 15 is 0 Å². The zero-order chi connectivity index (χ0) is 10.0. The summed E-state index contributed by atoms with van der Waals surface area (Å²) >= 11 is 0. The van der Waals surface area contributed by atoms with Crippen LogP contribution < -0.4 is 0 Å². The Morgan fingerprint density at radius 1 is 1.69 bits per heavy atom. The first-order chi connectivity index (χ1) is 6.06. The summed E-state index contributed by atoms with van der Waals surface area (Å²) in [7, 11) is 1.72. The van der Waals surface area contributed by atoms with E-state index in [4.69, 9.17) is 5.11 Å². The van der Waals surface area contributed by atoms with E-state index in [1.54, 1.807) is 11.9 Å². The fourth-order valence-electron chi connectivity index (χ4n) is 1.47. The van der Waals surface area contributed by atoms with Gasteiger partial charge in [0.15, 0.2) is 0 Å². The van der Waals surface area contributed by atoms with Gasteiger partial charge in [0.25, 0.3) is 0 Å². The summed E-state index contributed by atoms with van der Waals surface area (Å²) in [5.41, 5.74) is 0. The molecular formula is C8H14N2O3. The largest absolute Gasteiger partial charge is 0.465 e. The highest BCUT2D eigenvalue weighted by Gasteiger charge is 2.30. The van der Waals surface area contributed by atoms with E-state index in [1.807, 2.05) is 6.92 Å². The number of rotatable bonds is 1. The molecule has 1 aliphatic rings. The lowest BCUT2D eigenvalue weighted by atomic mass is 10.1. The zero-order valence-electron chi connectivity index (χ0n) is 7.86. The molecule has 1 heterocycles. The van der Waals surface area contributed by atoms with Crippen LogP contribution in [-0.2, 0) is 4.79 Å². The molecule has 2 amide bonds. The number of carboxylic acid groups (broad SMARTS) is 1. The van der Waals surface area contributed by atoms with E-state index in [-0.39, 0.29) is 18.5 Å². The topological polar surface area (TPSA) is 60.9 Å². The van der Waals surface area contributed by atoms with Gasteiger partial charge in [-0.2, -0.15) is 0 Å². The van der Waals surface area contributed by atoms with Crippen LogP contribution in [0.4, 0.5) is 4.79 Å². The first-order valence-corrected chi connectivity index (χ1v) is 4.29. The van der Waals surface area contributed by atoms with Gasteiger partial charge in [-0.05, 0) is 6.42 Å². The van der Waals surface area contributed by atoms with Crippen LogP contribution in [0.1, 0.15) is 13.3 Å². The lowest BCUT2D eigenvalue weighted by Gasteiger charge is -2.37. The van der Waals surface area contributed by atoms with Gasteiger partial charge in [0.2, 0.25) is 5.91 Å². The number of likely N-dealkylation sites (N-methyl/N-ethyl adjacent to an activating group) is 1. The van der Waals surface area contributed by atoms with Gasteiger partial charge in [0.05, 0.1) is 0 Å². The van der Waals surface area contributed by atoms with E-state index in [2.05, 4.69) is 0 Å². The van der Waals surface area contributed by atoms with Crippen molar-refractivity contribution in [3.63, 3.8) is 0 Å². The number of piperazine rings is 1. The van der Waals surface area contributed by atoms with Crippen molar-refractivity contribution in [2.45, 2.75) is 19.4 Å². The number of nitrogens with zero attached hydrogens (tertiary/aromatic N) is 2. The molecule has 0 radical (unpaired) electrons. The maximum Gasteiger partial charge on any atom is 0.407 e. The Hall–Kier alpha value is -1.26. The maximum absolute atomic E-state index is 11.3. The van der Waals surface area contributed by atoms with Gasteiger partial charge in [-0.3, -0.25) is 9.69 Å². The fraction of sp³-hybridized carbons (Fsp3) is 0.750. The van der Waals surface area contributed by atoms with Crippen LogP contribution in [0.5, 0.6) is 0 Å². The molecule has 1 aliphatic heterocycles. The van der Waals surface area contributed by atoms with Crippen molar-refractivity contribution in [3.05, 3.63) is 0 Å². The number of carbonyl (C=O) groups excluding carboxylic acids is 1. The van der Waals surface area contributed by atoms with Crippen molar-refractivity contribution in [1.82, 2.24) is 9.80 Å². The molecule has 0 saturated carbocycles. The second kappa shape index (κ2) is 3.64. The van der Waals surface area contributed by atoms with Gasteiger partial charge < -0.3 is 10.0 Å². The van der Waals surface area contributed by atoms with Crippen LogP contribution in [0.25, 0.3) is 0 Å². The van der Waals surface area contributed by atoms with Crippen molar-refractivity contribution in [1.29, 1.82) is 0 Å². The number of hydrogen-bond acceptors (Lipinski definition) is 2. The van der Waals surface area contributed by atoms with E-state index in [0.29, 0.717) is 6.54 Å². The summed E-state index contributed by atoms with van der Waals surface area (Å²) in [6, 6.07) is 0.0253. The molecule has 1 N–H and O–H groups in total. The van der Waals surface area contributed by atoms with Crippen molar-refractivity contribution >= 4 is 12.0 Å². The lowest BCUT2D eigenvalue weighted by molar-refractivity contribution is -0.137. The minimum absolute atomic E-state index is 0.0116. The monoisotopic (exact) mass is 186 g/mol. The highest BCUT2D eigenvalue weighted by atomic mass is 16.4. The molecular weight excluding hydrogens is 172 g/mol. The van der Waals surface area contributed by atoms with Crippen LogP contribution in [0.2, 0.25) is 0 Å². The first-order valence-electron chi connectivity index (χ1n) is 4.29. The maximum atomic E-state index is 11.3. The molecule has 13 heavy (non-hydrogen) atoms. The molecule has 0 spiro atoms. The molecule has 0 aromatic heterocycles. The number of amides is 2. The Kier molecular flexibility index (Phi) is 2.75. The van der Waals surface area contributed by atoms with E-state index in [1.165, 1.54) is 0 Å². The molecule has 5 heteroatoms. The summed E-state index contributed by atoms with van der Waals surface area (Å²) in [6.07, 6.45) is -0.230. The molecule has 0 aliphatic carbocycles. The van der Waals surface area contributed by atoms with Crippen molar-refractivity contribution < 1.29 is 14.7 Å². The molecule has 0 aromatic rings. The van der Waals surface area contributed by atoms with Crippen LogP contribution in [0.3, 0.4) is 0 Å². The normalized spacial score (nSPS) is 23.5. The predicted molar refractivity (Wildman–Crippen MR) is 46.4 cm³/mol. The van der Waals surface area contributed by atoms with Crippen LogP contribution in [-0.4, -0.2) is 53.1 Å². The van der Waals surface area contributed by atoms with Gasteiger partial charge in [0, 0.05) is 19.6 Å². The summed E-state index contributed by atoms with van der Waals surface area (Å²) in [4.78, 5) is 24.7.